The van der Waals surface area contributed by atoms with Crippen molar-refractivity contribution in [1.82, 2.24) is 4.98 Å². The van der Waals surface area contributed by atoms with Crippen LogP contribution in [0, 0.1) is 5.82 Å². The van der Waals surface area contributed by atoms with Gasteiger partial charge in [-0.1, -0.05) is 53.7 Å². The first-order chi connectivity index (χ1) is 15.6. The highest BCUT2D eigenvalue weighted by Gasteiger charge is 2.09. The van der Waals surface area contributed by atoms with Crippen molar-refractivity contribution in [2.45, 2.75) is 10.1 Å². The second kappa shape index (κ2) is 8.90. The molecule has 1 heterocycles. The number of aromatic hydroxyl groups is 1. The van der Waals surface area contributed by atoms with Gasteiger partial charge in [0.15, 0.2) is 4.34 Å². The number of fused-ring (bicyclic) bond motifs is 2. The summed E-state index contributed by atoms with van der Waals surface area (Å²) in [5.74, 6) is 0.636. The van der Waals surface area contributed by atoms with E-state index >= 15 is 0 Å². The second-order valence-electron chi connectivity index (χ2n) is 7.13. The molecule has 158 valence electrons. The number of aromatic nitrogens is 1. The summed E-state index contributed by atoms with van der Waals surface area (Å²) in [6.07, 6.45) is 1.60. The van der Waals surface area contributed by atoms with Gasteiger partial charge in [0.25, 0.3) is 0 Å². The average molecular weight is 479 g/mol. The molecule has 0 amide bonds. The first kappa shape index (κ1) is 20.9. The summed E-state index contributed by atoms with van der Waals surface area (Å²) in [5, 5.41) is 12.1. The van der Waals surface area contributed by atoms with Crippen LogP contribution in [0.2, 0.25) is 5.02 Å². The van der Waals surface area contributed by atoms with Gasteiger partial charge >= 0.3 is 0 Å². The lowest BCUT2D eigenvalue weighted by atomic mass is 10.1. The number of benzene rings is 4. The summed E-state index contributed by atoms with van der Waals surface area (Å²) >= 11 is 9.23. The number of thiazole rings is 1. The molecule has 5 rings (SSSR count). The molecule has 4 aromatic carbocycles. The Morgan fingerprint density at radius 2 is 1.88 bits per heavy atom. The topological polar surface area (TPSA) is 45.5 Å². The SMILES string of the molecule is Oc1ccc(Cl)cc1C=Nc1ccc2nc(SCc3ccc(F)c4ccccc34)sc2c1. The number of hydrogen-bond acceptors (Lipinski definition) is 5. The van der Waals surface area contributed by atoms with Crippen molar-refractivity contribution in [3.63, 3.8) is 0 Å². The predicted molar refractivity (Wildman–Crippen MR) is 133 cm³/mol. The Bertz CT molecular complexity index is 1480. The third kappa shape index (κ3) is 4.35. The zero-order chi connectivity index (χ0) is 22.1. The number of nitrogens with zero attached hydrogens (tertiary/aromatic N) is 2. The molecule has 32 heavy (non-hydrogen) atoms. The van der Waals surface area contributed by atoms with Crippen LogP contribution in [0.15, 0.2) is 82.1 Å². The second-order valence-corrected chi connectivity index (χ2v) is 9.82. The lowest BCUT2D eigenvalue weighted by molar-refractivity contribution is 0.474. The number of phenolic OH excluding ortho intramolecular Hbond substituents is 1. The Morgan fingerprint density at radius 1 is 1.03 bits per heavy atom. The van der Waals surface area contributed by atoms with E-state index in [9.17, 15) is 9.50 Å². The fourth-order valence-electron chi connectivity index (χ4n) is 3.40. The molecule has 0 spiro atoms. The van der Waals surface area contributed by atoms with E-state index in [0.717, 1.165) is 31.2 Å². The molecule has 0 atom stereocenters. The highest BCUT2D eigenvalue weighted by Crippen LogP contribution is 2.35. The van der Waals surface area contributed by atoms with Crippen molar-refractivity contribution in [1.29, 1.82) is 0 Å². The smallest absolute Gasteiger partial charge is 0.151 e. The van der Waals surface area contributed by atoms with Crippen molar-refractivity contribution in [3.05, 3.63) is 94.8 Å². The quantitative estimate of drug-likeness (QED) is 0.205. The Hall–Kier alpha value is -2.93. The molecule has 0 saturated heterocycles. The van der Waals surface area contributed by atoms with Crippen LogP contribution in [0.5, 0.6) is 5.75 Å². The van der Waals surface area contributed by atoms with Crippen molar-refractivity contribution < 1.29 is 9.50 Å². The Balaban J connectivity index is 1.36. The van der Waals surface area contributed by atoms with Crippen LogP contribution in [-0.4, -0.2) is 16.3 Å². The fraction of sp³-hybridized carbons (Fsp3) is 0.0400. The van der Waals surface area contributed by atoms with Gasteiger partial charge in [-0.25, -0.2) is 9.37 Å². The summed E-state index contributed by atoms with van der Waals surface area (Å²) in [4.78, 5) is 9.18. The van der Waals surface area contributed by atoms with Crippen LogP contribution in [0.4, 0.5) is 10.1 Å². The third-order valence-corrected chi connectivity index (χ3v) is 7.45. The van der Waals surface area contributed by atoms with Crippen LogP contribution in [0.25, 0.3) is 21.0 Å². The Labute approximate surface area is 197 Å². The van der Waals surface area contributed by atoms with E-state index in [-0.39, 0.29) is 11.6 Å². The minimum atomic E-state index is -0.200. The van der Waals surface area contributed by atoms with Gasteiger partial charge in [-0.05, 0) is 53.4 Å². The minimum Gasteiger partial charge on any atom is -0.507 e. The Morgan fingerprint density at radius 3 is 2.75 bits per heavy atom. The molecule has 0 radical (unpaired) electrons. The molecule has 0 fully saturated rings. The molecule has 0 aliphatic rings. The molecular weight excluding hydrogens is 463 g/mol. The van der Waals surface area contributed by atoms with Crippen LogP contribution < -0.4 is 0 Å². The number of rotatable bonds is 5. The molecule has 7 heteroatoms. The van der Waals surface area contributed by atoms with E-state index in [2.05, 4.69) is 4.99 Å². The van der Waals surface area contributed by atoms with Gasteiger partial charge in [0.1, 0.15) is 11.6 Å². The first-order valence-corrected chi connectivity index (χ1v) is 12.0. The summed E-state index contributed by atoms with van der Waals surface area (Å²) in [7, 11) is 0. The zero-order valence-corrected chi connectivity index (χ0v) is 19.0. The summed E-state index contributed by atoms with van der Waals surface area (Å²) < 4.78 is 16.0. The van der Waals surface area contributed by atoms with Crippen LogP contribution in [0.1, 0.15) is 11.1 Å². The summed E-state index contributed by atoms with van der Waals surface area (Å²) in [5.41, 5.74) is 3.31. The van der Waals surface area contributed by atoms with Gasteiger partial charge < -0.3 is 5.11 Å². The molecule has 0 saturated carbocycles. The minimum absolute atomic E-state index is 0.129. The summed E-state index contributed by atoms with van der Waals surface area (Å²) in [6, 6.07) is 21.6. The first-order valence-electron chi connectivity index (χ1n) is 9.79. The maximum absolute atomic E-state index is 14.1. The van der Waals surface area contributed by atoms with E-state index < -0.39 is 0 Å². The van der Waals surface area contributed by atoms with Gasteiger partial charge in [-0.3, -0.25) is 4.99 Å². The van der Waals surface area contributed by atoms with E-state index in [0.29, 0.717) is 21.7 Å². The number of aliphatic imine (C=N–C) groups is 1. The van der Waals surface area contributed by atoms with Crippen LogP contribution in [-0.2, 0) is 5.75 Å². The lowest BCUT2D eigenvalue weighted by Crippen LogP contribution is -1.87. The molecule has 1 N–H and O–H groups in total. The van der Waals surface area contributed by atoms with Crippen molar-refractivity contribution in [2.75, 3.05) is 0 Å². The average Bonchev–Trinajstić information content (AvgIpc) is 3.21. The van der Waals surface area contributed by atoms with E-state index in [1.807, 2.05) is 48.5 Å². The van der Waals surface area contributed by atoms with Gasteiger partial charge in [0.05, 0.1) is 15.9 Å². The fourth-order valence-corrected chi connectivity index (χ4v) is 5.68. The van der Waals surface area contributed by atoms with Gasteiger partial charge in [0, 0.05) is 27.9 Å². The molecule has 3 nitrogen and oxygen atoms in total. The summed E-state index contributed by atoms with van der Waals surface area (Å²) in [6.45, 7) is 0. The molecule has 5 aromatic rings. The third-order valence-electron chi connectivity index (χ3n) is 5.01. The van der Waals surface area contributed by atoms with Gasteiger partial charge in [-0.2, -0.15) is 0 Å². The normalized spacial score (nSPS) is 11.7. The molecular formula is C25H16ClFN2OS2. The molecule has 0 unspecified atom stereocenters. The highest BCUT2D eigenvalue weighted by molar-refractivity contribution is 8.00. The molecule has 1 aromatic heterocycles. The van der Waals surface area contributed by atoms with Crippen LogP contribution >= 0.6 is 34.7 Å². The van der Waals surface area contributed by atoms with E-state index in [1.165, 1.54) is 6.07 Å². The maximum atomic E-state index is 14.1. The van der Waals surface area contributed by atoms with Crippen molar-refractivity contribution >= 4 is 67.6 Å². The van der Waals surface area contributed by atoms with E-state index in [1.54, 1.807) is 47.5 Å². The number of thioether (sulfide) groups is 1. The number of phenols is 1. The van der Waals surface area contributed by atoms with E-state index in [4.69, 9.17) is 16.6 Å². The standard InChI is InChI=1S/C25H16ClFN2OS2/c26-17-6-10-23(30)16(11-17)13-28-18-7-9-22-24(12-18)32-25(29-22)31-14-15-5-8-21(27)20-4-2-1-3-19(15)20/h1-13,30H,14H2. The Kier molecular flexibility index (Phi) is 5.83. The highest BCUT2D eigenvalue weighted by atomic mass is 35.5. The number of halogens is 2. The molecule has 0 aliphatic carbocycles. The molecule has 0 bridgehead atoms. The van der Waals surface area contributed by atoms with Crippen molar-refractivity contribution in [2.24, 2.45) is 4.99 Å². The maximum Gasteiger partial charge on any atom is 0.151 e. The lowest BCUT2D eigenvalue weighted by Gasteiger charge is -2.06. The van der Waals surface area contributed by atoms with Gasteiger partial charge in [-0.15, -0.1) is 11.3 Å². The zero-order valence-electron chi connectivity index (χ0n) is 16.6. The monoisotopic (exact) mass is 478 g/mol. The molecule has 0 aliphatic heterocycles. The largest absolute Gasteiger partial charge is 0.507 e. The predicted octanol–water partition coefficient (Wildman–Crippen LogP) is 7.99. The number of hydrogen-bond donors (Lipinski definition) is 1. The van der Waals surface area contributed by atoms with Crippen LogP contribution in [0.3, 0.4) is 0 Å². The van der Waals surface area contributed by atoms with Crippen molar-refractivity contribution in [3.8, 4) is 5.75 Å². The van der Waals surface area contributed by atoms with Gasteiger partial charge in [0.2, 0.25) is 0 Å².